The van der Waals surface area contributed by atoms with E-state index in [4.69, 9.17) is 0 Å². The molecule has 3 aromatic rings. The molecule has 0 aromatic heterocycles. The molecule has 0 unspecified atom stereocenters. The summed E-state index contributed by atoms with van der Waals surface area (Å²) in [5, 5.41) is 5.95. The maximum absolute atomic E-state index is 13.4. The monoisotopic (exact) mass is 568 g/mol. The molecule has 222 valence electrons. The van der Waals surface area contributed by atoms with Gasteiger partial charge in [0.15, 0.2) is 11.6 Å². The molecule has 0 radical (unpaired) electrons. The highest BCUT2D eigenvalue weighted by molar-refractivity contribution is 6.03. The molecule has 6 nitrogen and oxygen atoms in total. The lowest BCUT2D eigenvalue weighted by atomic mass is 9.89. The van der Waals surface area contributed by atoms with Gasteiger partial charge < -0.3 is 10.6 Å². The molecule has 0 saturated heterocycles. The third-order valence-corrected chi connectivity index (χ3v) is 7.13. The van der Waals surface area contributed by atoms with Crippen LogP contribution >= 0.6 is 0 Å². The first-order valence-corrected chi connectivity index (χ1v) is 14.9. The number of benzene rings is 3. The van der Waals surface area contributed by atoms with Gasteiger partial charge >= 0.3 is 0 Å². The summed E-state index contributed by atoms with van der Waals surface area (Å²) in [5.74, 6) is -1.16. The number of nitrogens with one attached hydrogen (secondary N) is 2. The van der Waals surface area contributed by atoms with E-state index in [2.05, 4.69) is 10.6 Å². The maximum Gasteiger partial charge on any atom is 0.223 e. The van der Waals surface area contributed by atoms with Crippen molar-refractivity contribution in [3.8, 4) is 0 Å². The first-order valence-electron chi connectivity index (χ1n) is 14.9. The van der Waals surface area contributed by atoms with E-state index < -0.39 is 11.8 Å². The Bertz CT molecular complexity index is 1220. The van der Waals surface area contributed by atoms with Gasteiger partial charge in [0.05, 0.1) is 0 Å². The van der Waals surface area contributed by atoms with Gasteiger partial charge in [-0.15, -0.1) is 0 Å². The number of rotatable bonds is 16. The molecule has 42 heavy (non-hydrogen) atoms. The second-order valence-electron chi connectivity index (χ2n) is 11.9. The van der Waals surface area contributed by atoms with Crippen molar-refractivity contribution in [3.05, 3.63) is 107 Å². The number of Topliss-reactive ketones (excluding diaryl/α,β-unsaturated/α-hetero) is 2. The summed E-state index contributed by atoms with van der Waals surface area (Å²) in [5.41, 5.74) is 2.75. The highest BCUT2D eigenvalue weighted by atomic mass is 16.2. The Morgan fingerprint density at radius 1 is 0.548 bits per heavy atom. The molecule has 0 aliphatic carbocycles. The van der Waals surface area contributed by atoms with E-state index in [-0.39, 0.29) is 36.2 Å². The van der Waals surface area contributed by atoms with Gasteiger partial charge in [-0.3, -0.25) is 19.2 Å². The first kappa shape index (κ1) is 32.5. The third kappa shape index (κ3) is 10.7. The van der Waals surface area contributed by atoms with E-state index in [1.807, 2.05) is 88.4 Å². The van der Waals surface area contributed by atoms with E-state index in [0.29, 0.717) is 48.9 Å². The Hall–Kier alpha value is -4.06. The number of amides is 2. The molecule has 0 bridgehead atoms. The van der Waals surface area contributed by atoms with Crippen LogP contribution in [0.1, 0.15) is 72.4 Å². The summed E-state index contributed by atoms with van der Waals surface area (Å²) in [6.07, 6.45) is 0.957. The summed E-state index contributed by atoms with van der Waals surface area (Å²) in [4.78, 5) is 53.0. The second kappa shape index (κ2) is 16.4. The summed E-state index contributed by atoms with van der Waals surface area (Å²) >= 11 is 0. The van der Waals surface area contributed by atoms with E-state index in [0.717, 1.165) is 11.1 Å². The first-order chi connectivity index (χ1) is 20.1. The molecule has 2 atom stereocenters. The van der Waals surface area contributed by atoms with Crippen molar-refractivity contribution in [3.63, 3.8) is 0 Å². The molecule has 0 saturated carbocycles. The van der Waals surface area contributed by atoms with Crippen LogP contribution in [0.5, 0.6) is 0 Å². The quantitative estimate of drug-likeness (QED) is 0.205. The summed E-state index contributed by atoms with van der Waals surface area (Å²) < 4.78 is 0. The molecule has 0 aliphatic rings. The highest BCUT2D eigenvalue weighted by Gasteiger charge is 2.26. The van der Waals surface area contributed by atoms with Gasteiger partial charge in [-0.25, -0.2) is 0 Å². The second-order valence-corrected chi connectivity index (χ2v) is 11.9. The predicted octanol–water partition coefficient (Wildman–Crippen LogP) is 6.09. The lowest BCUT2D eigenvalue weighted by Crippen LogP contribution is -2.35. The SMILES string of the molecule is CC(C)CNC(=O)[C@@H](CC(=O)c1cccc(C(=O)C[C@@H](Cc2ccccc2)C(=O)NCC(C)C)c1)Cc1ccccc1. The third-order valence-electron chi connectivity index (χ3n) is 7.13. The Labute approximate surface area is 250 Å². The fourth-order valence-electron chi connectivity index (χ4n) is 4.76. The Kier molecular flexibility index (Phi) is 12.7. The summed E-state index contributed by atoms with van der Waals surface area (Å²) in [7, 11) is 0. The van der Waals surface area contributed by atoms with Crippen molar-refractivity contribution >= 4 is 23.4 Å². The molecule has 2 N–H and O–H groups in total. The van der Waals surface area contributed by atoms with Gasteiger partial charge in [0.1, 0.15) is 0 Å². The van der Waals surface area contributed by atoms with Crippen molar-refractivity contribution < 1.29 is 19.2 Å². The van der Waals surface area contributed by atoms with Crippen LogP contribution in [-0.2, 0) is 22.4 Å². The topological polar surface area (TPSA) is 92.3 Å². The zero-order valence-corrected chi connectivity index (χ0v) is 25.3. The molecule has 0 heterocycles. The Morgan fingerprint density at radius 2 is 0.929 bits per heavy atom. The predicted molar refractivity (Wildman–Crippen MR) is 167 cm³/mol. The zero-order valence-electron chi connectivity index (χ0n) is 25.3. The fourth-order valence-corrected chi connectivity index (χ4v) is 4.76. The van der Waals surface area contributed by atoms with Gasteiger partial charge in [-0.05, 0) is 41.9 Å². The lowest BCUT2D eigenvalue weighted by Gasteiger charge is -2.18. The van der Waals surface area contributed by atoms with Gasteiger partial charge in [0.2, 0.25) is 11.8 Å². The van der Waals surface area contributed by atoms with Crippen molar-refractivity contribution in [2.24, 2.45) is 23.7 Å². The van der Waals surface area contributed by atoms with E-state index in [1.165, 1.54) is 0 Å². The average Bonchev–Trinajstić information content (AvgIpc) is 2.99. The number of hydrogen-bond acceptors (Lipinski definition) is 4. The highest BCUT2D eigenvalue weighted by Crippen LogP contribution is 2.20. The van der Waals surface area contributed by atoms with E-state index in [1.54, 1.807) is 24.3 Å². The van der Waals surface area contributed by atoms with Crippen molar-refractivity contribution in [2.75, 3.05) is 13.1 Å². The fraction of sp³-hybridized carbons (Fsp3) is 0.389. The molecule has 3 rings (SSSR count). The number of carbonyl (C=O) groups excluding carboxylic acids is 4. The van der Waals surface area contributed by atoms with Crippen LogP contribution in [0.25, 0.3) is 0 Å². The molecular formula is C36H44N2O4. The van der Waals surface area contributed by atoms with E-state index in [9.17, 15) is 19.2 Å². The van der Waals surface area contributed by atoms with Crippen LogP contribution < -0.4 is 10.6 Å². The molecule has 0 spiro atoms. The number of ketones is 2. The van der Waals surface area contributed by atoms with Gasteiger partial charge in [0, 0.05) is 48.9 Å². The van der Waals surface area contributed by atoms with Crippen LogP contribution in [0.15, 0.2) is 84.9 Å². The molecule has 0 aliphatic heterocycles. The molecule has 6 heteroatoms. The van der Waals surface area contributed by atoms with Crippen LogP contribution in [0.4, 0.5) is 0 Å². The van der Waals surface area contributed by atoms with Crippen molar-refractivity contribution in [1.82, 2.24) is 10.6 Å². The summed E-state index contributed by atoms with van der Waals surface area (Å²) in [6, 6.07) is 26.0. The van der Waals surface area contributed by atoms with Crippen LogP contribution in [0, 0.1) is 23.7 Å². The maximum atomic E-state index is 13.4. The lowest BCUT2D eigenvalue weighted by molar-refractivity contribution is -0.125. The number of hydrogen-bond donors (Lipinski definition) is 2. The smallest absolute Gasteiger partial charge is 0.223 e. The Morgan fingerprint density at radius 3 is 1.29 bits per heavy atom. The van der Waals surface area contributed by atoms with Crippen LogP contribution in [0.3, 0.4) is 0 Å². The van der Waals surface area contributed by atoms with Gasteiger partial charge in [-0.2, -0.15) is 0 Å². The van der Waals surface area contributed by atoms with Crippen LogP contribution in [0.2, 0.25) is 0 Å². The number of carbonyl (C=O) groups is 4. The van der Waals surface area contributed by atoms with Gasteiger partial charge in [-0.1, -0.05) is 107 Å². The van der Waals surface area contributed by atoms with Crippen LogP contribution in [-0.4, -0.2) is 36.5 Å². The summed E-state index contributed by atoms with van der Waals surface area (Å²) in [6.45, 7) is 9.18. The van der Waals surface area contributed by atoms with Crippen molar-refractivity contribution in [2.45, 2.75) is 53.4 Å². The minimum atomic E-state index is -0.530. The van der Waals surface area contributed by atoms with Gasteiger partial charge in [0.25, 0.3) is 0 Å². The zero-order chi connectivity index (χ0) is 30.5. The minimum Gasteiger partial charge on any atom is -0.356 e. The molecular weight excluding hydrogens is 524 g/mol. The largest absolute Gasteiger partial charge is 0.356 e. The Balaban J connectivity index is 1.75. The average molecular weight is 569 g/mol. The molecule has 2 amide bonds. The standard InChI is InChI=1S/C36H44N2O4/c1-25(2)23-37-35(41)31(18-27-12-7-5-8-13-27)21-33(39)29-16-11-17-30(20-29)34(40)22-32(36(42)38-24-26(3)4)19-28-14-9-6-10-15-28/h5-17,20,25-26,31-32H,18-19,21-24H2,1-4H3,(H,37,41)(H,38,42)/t31-,32-/m1/s1. The molecule has 0 fully saturated rings. The van der Waals surface area contributed by atoms with E-state index >= 15 is 0 Å². The normalized spacial score (nSPS) is 12.5. The molecule has 3 aromatic carbocycles. The minimum absolute atomic E-state index is 0.0324. The van der Waals surface area contributed by atoms with Crippen molar-refractivity contribution in [1.29, 1.82) is 0 Å².